The predicted octanol–water partition coefficient (Wildman–Crippen LogP) is 6.41. The molecule has 204 valence electrons. The molecule has 3 unspecified atom stereocenters. The maximum absolute atomic E-state index is 13.2. The standard InChI is InChI=1S/C33H25BrN2O5/c1-19-6-5-9-24-30(19)32(39)36(31(24)38)23-13-10-20(11-14-23)28-17-26(25-16-22(34)12-15-27(25)35-28)33(40)41-18-29(37)21-7-3-2-4-8-21/h2-8,10-17,19,24,30H,9,18H2,1H3. The number of benzene rings is 3. The quantitative estimate of drug-likeness (QED) is 0.109. The molecule has 6 rings (SSSR count). The lowest BCUT2D eigenvalue weighted by atomic mass is 9.78. The molecule has 0 N–H and O–H groups in total. The molecule has 1 aliphatic carbocycles. The Hall–Kier alpha value is -4.43. The Bertz CT molecular complexity index is 1730. The molecule has 7 nitrogen and oxygen atoms in total. The summed E-state index contributed by atoms with van der Waals surface area (Å²) < 4.78 is 6.20. The fraction of sp³-hybridized carbons (Fsp3) is 0.182. The van der Waals surface area contributed by atoms with E-state index < -0.39 is 12.6 Å². The molecule has 0 radical (unpaired) electrons. The van der Waals surface area contributed by atoms with E-state index in [-0.39, 0.29) is 40.9 Å². The van der Waals surface area contributed by atoms with Gasteiger partial charge in [0, 0.05) is 21.0 Å². The Morgan fingerprint density at radius 3 is 2.46 bits per heavy atom. The van der Waals surface area contributed by atoms with Crippen molar-refractivity contribution in [2.45, 2.75) is 13.3 Å². The number of hydrogen-bond acceptors (Lipinski definition) is 6. The number of fused-ring (bicyclic) bond motifs is 2. The molecule has 1 saturated heterocycles. The molecule has 3 atom stereocenters. The highest BCUT2D eigenvalue weighted by molar-refractivity contribution is 9.10. The molecule has 0 spiro atoms. The van der Waals surface area contributed by atoms with Gasteiger partial charge in [-0.3, -0.25) is 19.3 Å². The minimum absolute atomic E-state index is 0.0115. The number of Topliss-reactive ketones (excluding diaryl/α,β-unsaturated/α-hetero) is 1. The number of allylic oxidation sites excluding steroid dienone is 2. The molecule has 1 aliphatic heterocycles. The molecular weight excluding hydrogens is 584 g/mol. The molecule has 0 saturated carbocycles. The number of imide groups is 1. The van der Waals surface area contributed by atoms with Gasteiger partial charge in [-0.05, 0) is 48.7 Å². The maximum Gasteiger partial charge on any atom is 0.339 e. The van der Waals surface area contributed by atoms with Gasteiger partial charge in [-0.15, -0.1) is 0 Å². The molecule has 2 aliphatic rings. The van der Waals surface area contributed by atoms with Gasteiger partial charge in [-0.1, -0.05) is 77.5 Å². The van der Waals surface area contributed by atoms with Gasteiger partial charge >= 0.3 is 5.97 Å². The smallest absolute Gasteiger partial charge is 0.339 e. The van der Waals surface area contributed by atoms with E-state index in [4.69, 9.17) is 9.72 Å². The number of nitrogens with zero attached hydrogens (tertiary/aromatic N) is 2. The lowest BCUT2D eigenvalue weighted by Crippen LogP contribution is -2.31. The molecule has 41 heavy (non-hydrogen) atoms. The zero-order valence-electron chi connectivity index (χ0n) is 22.1. The van der Waals surface area contributed by atoms with Gasteiger partial charge in [0.25, 0.3) is 0 Å². The lowest BCUT2D eigenvalue weighted by Gasteiger charge is -2.22. The third-order valence-electron chi connectivity index (χ3n) is 7.71. The van der Waals surface area contributed by atoms with Crippen molar-refractivity contribution in [2.24, 2.45) is 17.8 Å². The minimum atomic E-state index is -0.642. The average molecular weight is 609 g/mol. The van der Waals surface area contributed by atoms with Crippen molar-refractivity contribution < 1.29 is 23.9 Å². The summed E-state index contributed by atoms with van der Waals surface area (Å²) in [7, 11) is 0. The highest BCUT2D eigenvalue weighted by Crippen LogP contribution is 2.40. The molecule has 4 aromatic rings. The van der Waals surface area contributed by atoms with Crippen LogP contribution < -0.4 is 4.90 Å². The van der Waals surface area contributed by atoms with Crippen molar-refractivity contribution in [1.29, 1.82) is 0 Å². The van der Waals surface area contributed by atoms with Crippen LogP contribution in [0.3, 0.4) is 0 Å². The van der Waals surface area contributed by atoms with Crippen LogP contribution >= 0.6 is 15.9 Å². The largest absolute Gasteiger partial charge is 0.454 e. The number of hydrogen-bond donors (Lipinski definition) is 0. The summed E-state index contributed by atoms with van der Waals surface area (Å²) in [5.41, 5.74) is 3.02. The third kappa shape index (κ3) is 5.00. The number of amides is 2. The first kappa shape index (κ1) is 26.8. The molecule has 3 aromatic carbocycles. The van der Waals surface area contributed by atoms with Crippen molar-refractivity contribution in [3.05, 3.63) is 107 Å². The van der Waals surface area contributed by atoms with Crippen molar-refractivity contribution in [3.8, 4) is 11.3 Å². The number of aromatic nitrogens is 1. The van der Waals surface area contributed by atoms with Gasteiger partial charge in [0.15, 0.2) is 12.4 Å². The molecule has 1 aromatic heterocycles. The van der Waals surface area contributed by atoms with Crippen molar-refractivity contribution >= 4 is 56.1 Å². The molecule has 2 amide bonds. The maximum atomic E-state index is 13.2. The summed E-state index contributed by atoms with van der Waals surface area (Å²) >= 11 is 3.45. The first-order valence-corrected chi connectivity index (χ1v) is 14.1. The number of carbonyl (C=O) groups is 4. The minimum Gasteiger partial charge on any atom is -0.454 e. The van der Waals surface area contributed by atoms with Crippen LogP contribution in [0.4, 0.5) is 5.69 Å². The second-order valence-electron chi connectivity index (χ2n) is 10.3. The van der Waals surface area contributed by atoms with Gasteiger partial charge in [0.2, 0.25) is 11.8 Å². The summed E-state index contributed by atoms with van der Waals surface area (Å²) in [5, 5.41) is 0.579. The van der Waals surface area contributed by atoms with Crippen LogP contribution in [-0.4, -0.2) is 35.2 Å². The van der Waals surface area contributed by atoms with Crippen molar-refractivity contribution in [1.82, 2.24) is 4.98 Å². The van der Waals surface area contributed by atoms with Crippen LogP contribution in [0, 0.1) is 17.8 Å². The van der Waals surface area contributed by atoms with Gasteiger partial charge in [-0.25, -0.2) is 9.78 Å². The van der Waals surface area contributed by atoms with E-state index in [0.717, 1.165) is 4.47 Å². The number of pyridine rings is 1. The highest BCUT2D eigenvalue weighted by atomic mass is 79.9. The number of carbonyl (C=O) groups excluding carboxylic acids is 4. The van der Waals surface area contributed by atoms with Gasteiger partial charge in [0.05, 0.1) is 34.3 Å². The van der Waals surface area contributed by atoms with Crippen LogP contribution in [0.2, 0.25) is 0 Å². The molecular formula is C33H25BrN2O5. The second kappa shape index (κ2) is 10.9. The van der Waals surface area contributed by atoms with Crippen LogP contribution in [0.15, 0.2) is 95.5 Å². The predicted molar refractivity (Wildman–Crippen MR) is 158 cm³/mol. The number of esters is 1. The first-order chi connectivity index (χ1) is 19.8. The van der Waals surface area contributed by atoms with Crippen molar-refractivity contribution in [2.75, 3.05) is 11.5 Å². The Morgan fingerprint density at radius 1 is 0.976 bits per heavy atom. The molecule has 2 heterocycles. The number of ketones is 1. The van der Waals surface area contributed by atoms with E-state index in [1.807, 2.05) is 31.2 Å². The van der Waals surface area contributed by atoms with E-state index in [9.17, 15) is 19.2 Å². The zero-order valence-corrected chi connectivity index (χ0v) is 23.7. The number of anilines is 1. The van der Waals surface area contributed by atoms with Crippen molar-refractivity contribution in [3.63, 3.8) is 0 Å². The fourth-order valence-corrected chi connectivity index (χ4v) is 5.98. The van der Waals surface area contributed by atoms with E-state index in [2.05, 4.69) is 15.9 Å². The molecule has 0 bridgehead atoms. The summed E-state index contributed by atoms with van der Waals surface area (Å²) in [6, 6.07) is 22.7. The van der Waals surface area contributed by atoms with Gasteiger partial charge < -0.3 is 4.74 Å². The Labute approximate surface area is 245 Å². The number of halogens is 1. The Morgan fingerprint density at radius 2 is 1.73 bits per heavy atom. The normalized spacial score (nSPS) is 19.9. The van der Waals surface area contributed by atoms with E-state index in [1.165, 1.54) is 4.90 Å². The SMILES string of the molecule is CC1C=CCC2C(=O)N(c3ccc(-c4cc(C(=O)OCC(=O)c5ccccc5)c5cc(Br)ccc5n4)cc3)C(=O)C12. The highest BCUT2D eigenvalue weighted by Gasteiger charge is 2.50. The molecule has 8 heteroatoms. The van der Waals surface area contributed by atoms with Crippen LogP contribution in [-0.2, 0) is 14.3 Å². The zero-order chi connectivity index (χ0) is 28.7. The number of rotatable bonds is 6. The average Bonchev–Trinajstić information content (AvgIpc) is 3.25. The van der Waals surface area contributed by atoms with Crippen LogP contribution in [0.1, 0.15) is 34.1 Å². The fourth-order valence-electron chi connectivity index (χ4n) is 5.61. The van der Waals surface area contributed by atoms with E-state index in [1.54, 1.807) is 66.7 Å². The lowest BCUT2D eigenvalue weighted by molar-refractivity contribution is -0.122. The van der Waals surface area contributed by atoms with Crippen LogP contribution in [0.5, 0.6) is 0 Å². The summed E-state index contributed by atoms with van der Waals surface area (Å²) in [6.45, 7) is 1.58. The second-order valence-corrected chi connectivity index (χ2v) is 11.2. The Balaban J connectivity index is 1.29. The number of ether oxygens (including phenoxy) is 1. The summed E-state index contributed by atoms with van der Waals surface area (Å²) in [5.74, 6) is -1.94. The first-order valence-electron chi connectivity index (χ1n) is 13.3. The van der Waals surface area contributed by atoms with Crippen LogP contribution in [0.25, 0.3) is 22.2 Å². The van der Waals surface area contributed by atoms with E-state index >= 15 is 0 Å². The monoisotopic (exact) mass is 608 g/mol. The molecule has 1 fully saturated rings. The summed E-state index contributed by atoms with van der Waals surface area (Å²) in [4.78, 5) is 58.1. The van der Waals surface area contributed by atoms with Gasteiger partial charge in [-0.2, -0.15) is 0 Å². The Kier molecular flexibility index (Phi) is 7.09. The topological polar surface area (TPSA) is 93.6 Å². The van der Waals surface area contributed by atoms with Gasteiger partial charge in [0.1, 0.15) is 0 Å². The van der Waals surface area contributed by atoms with E-state index in [0.29, 0.717) is 39.8 Å². The summed E-state index contributed by atoms with van der Waals surface area (Å²) in [6.07, 6.45) is 4.55. The third-order valence-corrected chi connectivity index (χ3v) is 8.21.